The zero-order valence-corrected chi connectivity index (χ0v) is 15.0. The van der Waals surface area contributed by atoms with Crippen molar-refractivity contribution in [1.82, 2.24) is 15.2 Å². The number of carboxylic acids is 1. The Morgan fingerprint density at radius 2 is 1.74 bits per heavy atom. The van der Waals surface area contributed by atoms with Crippen LogP contribution in [0.1, 0.15) is 39.3 Å². The van der Waals surface area contributed by atoms with Gasteiger partial charge in [0.25, 0.3) is 11.8 Å². The summed E-state index contributed by atoms with van der Waals surface area (Å²) in [5.41, 5.74) is 0.410. The monoisotopic (exact) mass is 367 g/mol. The SMILES string of the molecule is CNC(=O)c1ccc(C(=O)N2CCC(C(=O)O)(c3ccccc3)CC2)cn1. The fourth-order valence-electron chi connectivity index (χ4n) is 3.44. The maximum Gasteiger partial charge on any atom is 0.314 e. The highest BCUT2D eigenvalue weighted by Gasteiger charge is 2.43. The van der Waals surface area contributed by atoms with Gasteiger partial charge >= 0.3 is 5.97 Å². The summed E-state index contributed by atoms with van der Waals surface area (Å²) >= 11 is 0. The van der Waals surface area contributed by atoms with E-state index in [4.69, 9.17) is 0 Å². The number of amides is 2. The Kier molecular flexibility index (Phi) is 5.21. The lowest BCUT2D eigenvalue weighted by Gasteiger charge is -2.39. The molecule has 1 aliphatic heterocycles. The first kappa shape index (κ1) is 18.6. The number of benzene rings is 1. The van der Waals surface area contributed by atoms with E-state index in [9.17, 15) is 19.5 Å². The summed E-state index contributed by atoms with van der Waals surface area (Å²) < 4.78 is 0. The number of likely N-dealkylation sites (tertiary alicyclic amines) is 1. The Bertz CT molecular complexity index is 841. The molecule has 2 heterocycles. The van der Waals surface area contributed by atoms with Gasteiger partial charge in [-0.1, -0.05) is 30.3 Å². The van der Waals surface area contributed by atoms with Crippen LogP contribution < -0.4 is 5.32 Å². The van der Waals surface area contributed by atoms with Crippen LogP contribution in [0.4, 0.5) is 0 Å². The third-order valence-corrected chi connectivity index (χ3v) is 5.11. The summed E-state index contributed by atoms with van der Waals surface area (Å²) in [6.45, 7) is 0.689. The molecule has 7 nitrogen and oxygen atoms in total. The third kappa shape index (κ3) is 3.53. The molecule has 2 N–H and O–H groups in total. The lowest BCUT2D eigenvalue weighted by atomic mass is 9.73. The zero-order chi connectivity index (χ0) is 19.4. The molecular weight excluding hydrogens is 346 g/mol. The predicted molar refractivity (Wildman–Crippen MR) is 98.5 cm³/mol. The fourth-order valence-corrected chi connectivity index (χ4v) is 3.44. The number of pyridine rings is 1. The van der Waals surface area contributed by atoms with Crippen LogP contribution in [0.25, 0.3) is 0 Å². The molecule has 1 fully saturated rings. The third-order valence-electron chi connectivity index (χ3n) is 5.11. The first-order chi connectivity index (χ1) is 13.0. The van der Waals surface area contributed by atoms with Crippen molar-refractivity contribution in [3.63, 3.8) is 0 Å². The summed E-state index contributed by atoms with van der Waals surface area (Å²) in [4.78, 5) is 41.9. The lowest BCUT2D eigenvalue weighted by molar-refractivity contribution is -0.145. The molecule has 3 rings (SSSR count). The molecule has 1 saturated heterocycles. The number of carbonyl (C=O) groups excluding carboxylic acids is 2. The number of nitrogens with zero attached hydrogens (tertiary/aromatic N) is 2. The van der Waals surface area contributed by atoms with Crippen LogP contribution in [0, 0.1) is 0 Å². The van der Waals surface area contributed by atoms with Crippen molar-refractivity contribution in [2.45, 2.75) is 18.3 Å². The van der Waals surface area contributed by atoms with Gasteiger partial charge in [0.15, 0.2) is 0 Å². The van der Waals surface area contributed by atoms with Gasteiger partial charge in [0.2, 0.25) is 0 Å². The molecular formula is C20H21N3O4. The van der Waals surface area contributed by atoms with Gasteiger partial charge in [-0.3, -0.25) is 19.4 Å². The molecule has 0 unspecified atom stereocenters. The highest BCUT2D eigenvalue weighted by Crippen LogP contribution is 2.36. The highest BCUT2D eigenvalue weighted by molar-refractivity contribution is 5.96. The first-order valence-corrected chi connectivity index (χ1v) is 8.74. The van der Waals surface area contributed by atoms with Crippen LogP contribution in [-0.2, 0) is 10.2 Å². The molecule has 1 aromatic heterocycles. The van der Waals surface area contributed by atoms with Crippen LogP contribution in [0.5, 0.6) is 0 Å². The molecule has 0 atom stereocenters. The van der Waals surface area contributed by atoms with Gasteiger partial charge in [0.05, 0.1) is 11.0 Å². The van der Waals surface area contributed by atoms with Crippen LogP contribution in [0.2, 0.25) is 0 Å². The average molecular weight is 367 g/mol. The molecule has 27 heavy (non-hydrogen) atoms. The number of piperidine rings is 1. The van der Waals surface area contributed by atoms with Gasteiger partial charge in [0, 0.05) is 26.3 Å². The van der Waals surface area contributed by atoms with Crippen LogP contribution >= 0.6 is 0 Å². The molecule has 140 valence electrons. The van der Waals surface area contributed by atoms with Crippen LogP contribution in [-0.4, -0.2) is 52.9 Å². The van der Waals surface area contributed by atoms with Crippen molar-refractivity contribution in [2.24, 2.45) is 0 Å². The number of rotatable bonds is 4. The average Bonchev–Trinajstić information content (AvgIpc) is 2.73. The smallest absolute Gasteiger partial charge is 0.314 e. The van der Waals surface area contributed by atoms with Crippen LogP contribution in [0.3, 0.4) is 0 Å². The standard InChI is InChI=1S/C20H21N3O4/c1-21-17(24)16-8-7-14(13-22-16)18(25)23-11-9-20(10-12-23,19(26)27)15-5-3-2-4-6-15/h2-8,13H,9-12H2,1H3,(H,21,24)(H,26,27). The van der Waals surface area contributed by atoms with Crippen molar-refractivity contribution in [3.8, 4) is 0 Å². The Hall–Kier alpha value is -3.22. The Morgan fingerprint density at radius 3 is 2.26 bits per heavy atom. The van der Waals surface area contributed by atoms with Gasteiger partial charge < -0.3 is 15.3 Å². The quantitative estimate of drug-likeness (QED) is 0.857. The fraction of sp³-hybridized carbons (Fsp3) is 0.300. The number of aliphatic carboxylic acids is 1. The van der Waals surface area contributed by atoms with Crippen molar-refractivity contribution < 1.29 is 19.5 Å². The second-order valence-electron chi connectivity index (χ2n) is 6.56. The summed E-state index contributed by atoms with van der Waals surface area (Å²) in [6, 6.07) is 12.2. The number of hydrogen-bond acceptors (Lipinski definition) is 4. The first-order valence-electron chi connectivity index (χ1n) is 8.74. The maximum atomic E-state index is 12.7. The number of hydrogen-bond donors (Lipinski definition) is 2. The van der Waals surface area contributed by atoms with E-state index in [1.807, 2.05) is 30.3 Å². The van der Waals surface area contributed by atoms with E-state index < -0.39 is 11.4 Å². The van der Waals surface area contributed by atoms with Gasteiger partial charge in [-0.05, 0) is 30.5 Å². The van der Waals surface area contributed by atoms with Crippen molar-refractivity contribution in [3.05, 3.63) is 65.5 Å². The number of aromatic nitrogens is 1. The number of carbonyl (C=O) groups is 3. The summed E-state index contributed by atoms with van der Waals surface area (Å²) in [5, 5.41) is 12.3. The largest absolute Gasteiger partial charge is 0.481 e. The minimum Gasteiger partial charge on any atom is -0.481 e. The van der Waals surface area contributed by atoms with E-state index in [1.165, 1.54) is 19.3 Å². The van der Waals surface area contributed by atoms with Crippen LogP contribution in [0.15, 0.2) is 48.7 Å². The molecule has 7 heteroatoms. The lowest BCUT2D eigenvalue weighted by Crippen LogP contribution is -2.49. The van der Waals surface area contributed by atoms with E-state index >= 15 is 0 Å². The summed E-state index contributed by atoms with van der Waals surface area (Å²) in [7, 11) is 1.51. The predicted octanol–water partition coefficient (Wildman–Crippen LogP) is 1.70. The Morgan fingerprint density at radius 1 is 1.07 bits per heavy atom. The van der Waals surface area contributed by atoms with E-state index in [1.54, 1.807) is 11.0 Å². The molecule has 0 bridgehead atoms. The molecule has 2 amide bonds. The van der Waals surface area contributed by atoms with Gasteiger partial charge in [-0.15, -0.1) is 0 Å². The van der Waals surface area contributed by atoms with E-state index in [0.717, 1.165) is 5.56 Å². The van der Waals surface area contributed by atoms with Gasteiger partial charge in [-0.25, -0.2) is 0 Å². The molecule has 2 aromatic rings. The van der Waals surface area contributed by atoms with E-state index in [-0.39, 0.29) is 17.5 Å². The number of carboxylic acid groups (broad SMARTS) is 1. The zero-order valence-electron chi connectivity index (χ0n) is 15.0. The summed E-state index contributed by atoms with van der Waals surface area (Å²) in [5.74, 6) is -1.39. The summed E-state index contributed by atoms with van der Waals surface area (Å²) in [6.07, 6.45) is 2.08. The van der Waals surface area contributed by atoms with Crippen molar-refractivity contribution in [1.29, 1.82) is 0 Å². The Balaban J connectivity index is 1.73. The topological polar surface area (TPSA) is 99.6 Å². The molecule has 0 radical (unpaired) electrons. The van der Waals surface area contributed by atoms with Gasteiger partial charge in [0.1, 0.15) is 5.69 Å². The maximum absolute atomic E-state index is 12.7. The second-order valence-corrected chi connectivity index (χ2v) is 6.56. The Labute approximate surface area is 157 Å². The second kappa shape index (κ2) is 7.57. The molecule has 0 saturated carbocycles. The van der Waals surface area contributed by atoms with Crippen molar-refractivity contribution in [2.75, 3.05) is 20.1 Å². The molecule has 1 aliphatic rings. The highest BCUT2D eigenvalue weighted by atomic mass is 16.4. The number of nitrogens with one attached hydrogen (secondary N) is 1. The normalized spacial score (nSPS) is 15.8. The molecule has 1 aromatic carbocycles. The van der Waals surface area contributed by atoms with E-state index in [0.29, 0.717) is 31.5 Å². The minimum atomic E-state index is -0.973. The molecule has 0 spiro atoms. The van der Waals surface area contributed by atoms with E-state index in [2.05, 4.69) is 10.3 Å². The van der Waals surface area contributed by atoms with Gasteiger partial charge in [-0.2, -0.15) is 0 Å². The minimum absolute atomic E-state index is 0.210. The van der Waals surface area contributed by atoms with Crippen molar-refractivity contribution >= 4 is 17.8 Å². The molecule has 0 aliphatic carbocycles.